The average molecular weight is 367 g/mol. The highest BCUT2D eigenvalue weighted by Crippen LogP contribution is 2.37. The van der Waals surface area contributed by atoms with Crippen LogP contribution in [0.4, 0.5) is 5.69 Å². The molecule has 1 amide bonds. The Kier molecular flexibility index (Phi) is 3.59. The van der Waals surface area contributed by atoms with Gasteiger partial charge in [0.05, 0.1) is 5.92 Å². The van der Waals surface area contributed by atoms with Gasteiger partial charge in [-0.2, -0.15) is 10.1 Å². The maximum absolute atomic E-state index is 12.6. The van der Waals surface area contributed by atoms with Crippen molar-refractivity contribution in [1.82, 2.24) is 19.9 Å². The molecule has 138 valence electrons. The molecule has 1 unspecified atom stereocenters. The fraction of sp³-hybridized carbons (Fsp3) is 0.333. The molecule has 2 aliphatic heterocycles. The summed E-state index contributed by atoms with van der Waals surface area (Å²) in [4.78, 5) is 18.7. The summed E-state index contributed by atoms with van der Waals surface area (Å²) in [5, 5.41) is 8.26. The van der Waals surface area contributed by atoms with E-state index in [-0.39, 0.29) is 11.8 Å². The van der Waals surface area contributed by atoms with Gasteiger partial charge in [0.25, 0.3) is 0 Å². The van der Waals surface area contributed by atoms with E-state index >= 15 is 0 Å². The number of rotatable bonds is 3. The van der Waals surface area contributed by atoms with Gasteiger partial charge in [0, 0.05) is 38.0 Å². The van der Waals surface area contributed by atoms with E-state index in [4.69, 9.17) is 14.0 Å². The van der Waals surface area contributed by atoms with Crippen molar-refractivity contribution >= 4 is 11.6 Å². The van der Waals surface area contributed by atoms with E-state index in [0.717, 1.165) is 5.69 Å². The molecular weight excluding hydrogens is 350 g/mol. The minimum absolute atomic E-state index is 0.00858. The van der Waals surface area contributed by atoms with Crippen LogP contribution >= 0.6 is 0 Å². The van der Waals surface area contributed by atoms with E-state index in [2.05, 4.69) is 15.2 Å². The molecule has 2 aliphatic rings. The Morgan fingerprint density at radius 3 is 2.81 bits per heavy atom. The van der Waals surface area contributed by atoms with Gasteiger partial charge < -0.3 is 18.9 Å². The highest BCUT2D eigenvalue weighted by atomic mass is 16.6. The van der Waals surface area contributed by atoms with Crippen molar-refractivity contribution in [2.45, 2.75) is 12.3 Å². The second kappa shape index (κ2) is 6.11. The van der Waals surface area contributed by atoms with Gasteiger partial charge in [0.15, 0.2) is 11.5 Å². The predicted molar refractivity (Wildman–Crippen MR) is 93.6 cm³/mol. The Bertz CT molecular complexity index is 1010. The summed E-state index contributed by atoms with van der Waals surface area (Å²) in [6.07, 6.45) is 2.13. The van der Waals surface area contributed by atoms with E-state index in [9.17, 15) is 4.79 Å². The van der Waals surface area contributed by atoms with Crippen LogP contribution in [0.5, 0.6) is 11.5 Å². The number of anilines is 1. The lowest BCUT2D eigenvalue weighted by atomic mass is 10.1. The van der Waals surface area contributed by atoms with Gasteiger partial charge in [-0.25, -0.2) is 0 Å². The molecule has 27 heavy (non-hydrogen) atoms. The summed E-state index contributed by atoms with van der Waals surface area (Å²) < 4.78 is 18.2. The molecule has 1 fully saturated rings. The van der Waals surface area contributed by atoms with Crippen molar-refractivity contribution in [1.29, 1.82) is 0 Å². The molecule has 0 bridgehead atoms. The zero-order valence-corrected chi connectivity index (χ0v) is 14.7. The Morgan fingerprint density at radius 1 is 1.15 bits per heavy atom. The number of hydrogen-bond acceptors (Lipinski definition) is 7. The third-order valence-corrected chi connectivity index (χ3v) is 4.70. The number of fused-ring (bicyclic) bond motifs is 1. The van der Waals surface area contributed by atoms with Crippen LogP contribution in [-0.2, 0) is 11.8 Å². The molecular formula is C18H17N5O4. The first-order valence-corrected chi connectivity index (χ1v) is 8.71. The first-order chi connectivity index (χ1) is 13.2. The number of aromatic nitrogens is 4. The standard InChI is InChI=1S/C18H17N5O4/c1-22-5-4-13(20-22)17-19-18(27-21-17)11-8-16(24)23(10-11)12-2-3-14-15(9-12)26-7-6-25-14/h2-5,9,11H,6-8,10H2,1H3. The largest absolute Gasteiger partial charge is 0.486 e. The summed E-state index contributed by atoms with van der Waals surface area (Å²) in [6.45, 7) is 1.51. The molecule has 4 heterocycles. The lowest BCUT2D eigenvalue weighted by Crippen LogP contribution is -2.24. The Morgan fingerprint density at radius 2 is 2.00 bits per heavy atom. The molecule has 1 saturated heterocycles. The van der Waals surface area contributed by atoms with E-state index in [1.165, 1.54) is 0 Å². The van der Waals surface area contributed by atoms with Crippen LogP contribution in [0.15, 0.2) is 35.0 Å². The topological polar surface area (TPSA) is 95.5 Å². The van der Waals surface area contributed by atoms with E-state index in [1.54, 1.807) is 9.58 Å². The number of ether oxygens (including phenoxy) is 2. The van der Waals surface area contributed by atoms with E-state index < -0.39 is 0 Å². The third kappa shape index (κ3) is 2.80. The number of carbonyl (C=O) groups excluding carboxylic acids is 1. The number of aryl methyl sites for hydroxylation is 1. The molecule has 1 aromatic carbocycles. The lowest BCUT2D eigenvalue weighted by Gasteiger charge is -2.22. The monoisotopic (exact) mass is 367 g/mol. The second-order valence-electron chi connectivity index (χ2n) is 6.56. The molecule has 0 spiro atoms. The van der Waals surface area contributed by atoms with E-state index in [0.29, 0.717) is 55.1 Å². The van der Waals surface area contributed by atoms with Gasteiger partial charge in [0.1, 0.15) is 18.9 Å². The summed E-state index contributed by atoms with van der Waals surface area (Å²) in [6, 6.07) is 7.34. The maximum Gasteiger partial charge on any atom is 0.232 e. The van der Waals surface area contributed by atoms with Crippen molar-refractivity contribution < 1.29 is 18.8 Å². The predicted octanol–water partition coefficient (Wildman–Crippen LogP) is 1.76. The molecule has 2 aromatic heterocycles. The Balaban J connectivity index is 1.37. The minimum Gasteiger partial charge on any atom is -0.486 e. The fourth-order valence-electron chi connectivity index (χ4n) is 3.36. The molecule has 1 atom stereocenters. The molecule has 9 heteroatoms. The van der Waals surface area contributed by atoms with Gasteiger partial charge in [-0.15, -0.1) is 0 Å². The van der Waals surface area contributed by atoms with Crippen molar-refractivity contribution in [2.24, 2.45) is 7.05 Å². The molecule has 0 radical (unpaired) electrons. The maximum atomic E-state index is 12.6. The van der Waals surface area contributed by atoms with Crippen LogP contribution in [0, 0.1) is 0 Å². The molecule has 3 aromatic rings. The van der Waals surface area contributed by atoms with Crippen molar-refractivity contribution in [2.75, 3.05) is 24.7 Å². The number of benzene rings is 1. The fourth-order valence-corrected chi connectivity index (χ4v) is 3.36. The molecule has 0 N–H and O–H groups in total. The van der Waals surface area contributed by atoms with Crippen LogP contribution in [0.25, 0.3) is 11.5 Å². The third-order valence-electron chi connectivity index (χ3n) is 4.70. The lowest BCUT2D eigenvalue weighted by molar-refractivity contribution is -0.117. The van der Waals surface area contributed by atoms with Gasteiger partial charge in [0.2, 0.25) is 17.6 Å². The van der Waals surface area contributed by atoms with Gasteiger partial charge in [-0.1, -0.05) is 5.16 Å². The molecule has 0 aliphatic carbocycles. The van der Waals surface area contributed by atoms with Gasteiger partial charge >= 0.3 is 0 Å². The van der Waals surface area contributed by atoms with Crippen LogP contribution in [-0.4, -0.2) is 45.6 Å². The molecule has 0 saturated carbocycles. The van der Waals surface area contributed by atoms with Crippen molar-refractivity contribution in [3.05, 3.63) is 36.4 Å². The van der Waals surface area contributed by atoms with E-state index in [1.807, 2.05) is 37.5 Å². The van der Waals surface area contributed by atoms with Crippen molar-refractivity contribution in [3.8, 4) is 23.0 Å². The minimum atomic E-state index is -0.157. The number of nitrogens with zero attached hydrogens (tertiary/aromatic N) is 5. The molecule has 5 rings (SSSR count). The number of carbonyl (C=O) groups is 1. The second-order valence-corrected chi connectivity index (χ2v) is 6.56. The summed E-state index contributed by atoms with van der Waals surface area (Å²) in [5.74, 6) is 2.08. The summed E-state index contributed by atoms with van der Waals surface area (Å²) >= 11 is 0. The first kappa shape index (κ1) is 15.9. The van der Waals surface area contributed by atoms with Gasteiger partial charge in [-0.05, 0) is 18.2 Å². The Labute approximate surface area is 154 Å². The zero-order chi connectivity index (χ0) is 18.4. The van der Waals surface area contributed by atoms with Crippen LogP contribution in [0.1, 0.15) is 18.2 Å². The quantitative estimate of drug-likeness (QED) is 0.696. The normalized spacial score (nSPS) is 18.9. The van der Waals surface area contributed by atoms with Crippen LogP contribution in [0.3, 0.4) is 0 Å². The Hall–Kier alpha value is -3.36. The average Bonchev–Trinajstić information content (AvgIpc) is 3.40. The smallest absolute Gasteiger partial charge is 0.232 e. The highest BCUT2D eigenvalue weighted by Gasteiger charge is 2.35. The zero-order valence-electron chi connectivity index (χ0n) is 14.7. The summed E-state index contributed by atoms with van der Waals surface area (Å²) in [5.41, 5.74) is 1.41. The summed E-state index contributed by atoms with van der Waals surface area (Å²) in [7, 11) is 1.82. The van der Waals surface area contributed by atoms with Crippen LogP contribution in [0.2, 0.25) is 0 Å². The first-order valence-electron chi connectivity index (χ1n) is 8.71. The highest BCUT2D eigenvalue weighted by molar-refractivity contribution is 5.96. The van der Waals surface area contributed by atoms with Gasteiger partial charge in [-0.3, -0.25) is 9.48 Å². The SMILES string of the molecule is Cn1ccc(-c2noc(C3CC(=O)N(c4ccc5c(c4)OCCO5)C3)n2)n1. The molecule has 9 nitrogen and oxygen atoms in total. The number of amides is 1. The number of hydrogen-bond donors (Lipinski definition) is 0. The van der Waals surface area contributed by atoms with Crippen LogP contribution < -0.4 is 14.4 Å². The van der Waals surface area contributed by atoms with Crippen molar-refractivity contribution in [3.63, 3.8) is 0 Å².